The summed E-state index contributed by atoms with van der Waals surface area (Å²) in [5.41, 5.74) is 4.95. The number of fused-ring (bicyclic) bond motifs is 1. The zero-order valence-electron chi connectivity index (χ0n) is 17.5. The first-order valence-electron chi connectivity index (χ1n) is 9.90. The van der Waals surface area contributed by atoms with E-state index in [4.69, 9.17) is 25.3 Å². The van der Waals surface area contributed by atoms with Crippen molar-refractivity contribution >= 4 is 21.7 Å². The van der Waals surface area contributed by atoms with Crippen molar-refractivity contribution < 1.29 is 22.1 Å². The van der Waals surface area contributed by atoms with Crippen LogP contribution in [0.5, 0.6) is 11.5 Å². The summed E-state index contributed by atoms with van der Waals surface area (Å²) in [7, 11) is -3.89. The van der Waals surface area contributed by atoms with Crippen LogP contribution in [0.25, 0.3) is 11.1 Å². The quantitative estimate of drug-likeness (QED) is 0.474. The lowest BCUT2D eigenvalue weighted by atomic mass is 9.94. The Labute approximate surface area is 187 Å². The largest absolute Gasteiger partial charge is 0.486 e. The Morgan fingerprint density at radius 3 is 2.39 bits per heavy atom. The lowest BCUT2D eigenvalue weighted by Crippen LogP contribution is -2.34. The van der Waals surface area contributed by atoms with Gasteiger partial charge in [-0.05, 0) is 55.7 Å². The van der Waals surface area contributed by atoms with E-state index in [1.165, 1.54) is 12.1 Å². The van der Waals surface area contributed by atoms with Crippen LogP contribution < -0.4 is 9.47 Å². The maximum absolute atomic E-state index is 12.5. The Morgan fingerprint density at radius 2 is 1.71 bits per heavy atom. The Bertz CT molecular complexity index is 1200. The van der Waals surface area contributed by atoms with Crippen LogP contribution in [0.4, 0.5) is 0 Å². The number of benzene rings is 3. The molecule has 0 saturated carbocycles. The second-order valence-electron chi connectivity index (χ2n) is 7.65. The lowest BCUT2D eigenvalue weighted by Gasteiger charge is -2.29. The average molecular weight is 459 g/mol. The molecule has 31 heavy (non-hydrogen) atoms. The van der Waals surface area contributed by atoms with Gasteiger partial charge in [0.1, 0.15) is 13.2 Å². The van der Waals surface area contributed by atoms with Gasteiger partial charge < -0.3 is 9.47 Å². The molecule has 0 spiro atoms. The van der Waals surface area contributed by atoms with E-state index < -0.39 is 16.2 Å². The van der Waals surface area contributed by atoms with E-state index in [0.29, 0.717) is 16.5 Å². The van der Waals surface area contributed by atoms with Crippen LogP contribution >= 0.6 is 11.6 Å². The van der Waals surface area contributed by atoms with E-state index >= 15 is 0 Å². The van der Waals surface area contributed by atoms with Crippen molar-refractivity contribution in [1.29, 1.82) is 0 Å². The number of hydrogen-bond acceptors (Lipinski definition) is 5. The molecule has 0 bridgehead atoms. The second kappa shape index (κ2) is 8.54. The minimum absolute atomic E-state index is 0.109. The van der Waals surface area contributed by atoms with E-state index in [-0.39, 0.29) is 18.1 Å². The smallest absolute Gasteiger partial charge is 0.297 e. The summed E-state index contributed by atoms with van der Waals surface area (Å²) in [5.74, 6) is 1.07. The maximum Gasteiger partial charge on any atom is 0.297 e. The zero-order chi connectivity index (χ0) is 22.2. The van der Waals surface area contributed by atoms with E-state index in [9.17, 15) is 8.42 Å². The van der Waals surface area contributed by atoms with Crippen molar-refractivity contribution in [1.82, 2.24) is 0 Å². The average Bonchev–Trinajstić information content (AvgIpc) is 2.72. The Morgan fingerprint density at radius 1 is 1.03 bits per heavy atom. The van der Waals surface area contributed by atoms with Gasteiger partial charge in [0.15, 0.2) is 17.6 Å². The van der Waals surface area contributed by atoms with Crippen LogP contribution in [0.3, 0.4) is 0 Å². The Kier molecular flexibility index (Phi) is 5.97. The van der Waals surface area contributed by atoms with Gasteiger partial charge in [-0.25, -0.2) is 0 Å². The molecule has 1 aliphatic rings. The number of halogens is 1. The Hall–Kier alpha value is -2.54. The highest BCUT2D eigenvalue weighted by Crippen LogP contribution is 2.45. The second-order valence-corrected chi connectivity index (χ2v) is 9.70. The van der Waals surface area contributed by atoms with Crippen molar-refractivity contribution in [2.45, 2.75) is 31.8 Å². The first-order valence-corrected chi connectivity index (χ1v) is 11.7. The van der Waals surface area contributed by atoms with Gasteiger partial charge in [-0.3, -0.25) is 4.18 Å². The van der Waals surface area contributed by atoms with Crippen LogP contribution in [0.2, 0.25) is 5.02 Å². The molecule has 7 heteroatoms. The minimum atomic E-state index is -3.89. The van der Waals surface area contributed by atoms with Crippen molar-refractivity contribution in [2.24, 2.45) is 0 Å². The molecule has 162 valence electrons. The number of rotatable bonds is 5. The van der Waals surface area contributed by atoms with Gasteiger partial charge in [0.05, 0.1) is 4.90 Å². The van der Waals surface area contributed by atoms with Gasteiger partial charge in [-0.2, -0.15) is 8.42 Å². The predicted octanol–water partition coefficient (Wildman–Crippen LogP) is 5.48. The highest BCUT2D eigenvalue weighted by atomic mass is 35.5. The van der Waals surface area contributed by atoms with Gasteiger partial charge >= 0.3 is 0 Å². The van der Waals surface area contributed by atoms with E-state index in [2.05, 4.69) is 0 Å². The van der Waals surface area contributed by atoms with Crippen LogP contribution in [-0.2, 0) is 14.3 Å². The molecular weight excluding hydrogens is 436 g/mol. The fraction of sp³-hybridized carbons (Fsp3) is 0.250. The van der Waals surface area contributed by atoms with Crippen molar-refractivity contribution in [3.63, 3.8) is 0 Å². The van der Waals surface area contributed by atoms with Crippen molar-refractivity contribution in [3.05, 3.63) is 76.3 Å². The molecule has 4 rings (SSSR count). The van der Waals surface area contributed by atoms with Crippen molar-refractivity contribution in [2.75, 3.05) is 13.2 Å². The summed E-state index contributed by atoms with van der Waals surface area (Å²) in [4.78, 5) is 0.109. The molecule has 1 atom stereocenters. The van der Waals surface area contributed by atoms with Crippen LogP contribution in [0.1, 0.15) is 16.7 Å². The minimum Gasteiger partial charge on any atom is -0.486 e. The molecule has 3 aromatic rings. The third-order valence-corrected chi connectivity index (χ3v) is 6.71. The summed E-state index contributed by atoms with van der Waals surface area (Å²) in [6.07, 6.45) is -0.586. The molecule has 0 amide bonds. The third kappa shape index (κ3) is 4.56. The molecule has 0 N–H and O–H groups in total. The fourth-order valence-electron chi connectivity index (χ4n) is 3.63. The SMILES string of the molecule is Cc1ccc(S(=O)(=O)OC[C@H]2COc3cc(Cl)cc(-c4c(C)cccc4C)c3O2)cc1. The van der Waals surface area contributed by atoms with Crippen LogP contribution in [0.15, 0.2) is 59.5 Å². The zero-order valence-corrected chi connectivity index (χ0v) is 19.1. The normalized spacial score (nSPS) is 15.7. The van der Waals surface area contributed by atoms with Gasteiger partial charge in [-0.15, -0.1) is 0 Å². The molecule has 0 aromatic heterocycles. The standard InChI is InChI=1S/C24H23ClO5S/c1-15-7-9-20(10-8-15)31(26,27)29-14-19-13-28-22-12-18(25)11-21(24(22)30-19)23-16(2)5-4-6-17(23)3/h4-12,19H,13-14H2,1-3H3/t19-/m1/s1. The number of aryl methyl sites for hydroxylation is 3. The predicted molar refractivity (Wildman–Crippen MR) is 121 cm³/mol. The highest BCUT2D eigenvalue weighted by molar-refractivity contribution is 7.86. The number of hydrogen-bond donors (Lipinski definition) is 0. The molecule has 0 unspecified atom stereocenters. The van der Waals surface area contributed by atoms with E-state index in [1.54, 1.807) is 18.2 Å². The molecular formula is C24H23ClO5S. The van der Waals surface area contributed by atoms with Crippen LogP contribution in [0, 0.1) is 20.8 Å². The topological polar surface area (TPSA) is 61.8 Å². The van der Waals surface area contributed by atoms with Gasteiger partial charge in [0, 0.05) is 16.7 Å². The van der Waals surface area contributed by atoms with Crippen LogP contribution in [-0.4, -0.2) is 27.7 Å². The fourth-order valence-corrected chi connectivity index (χ4v) is 4.77. The molecule has 0 fully saturated rings. The van der Waals surface area contributed by atoms with Gasteiger partial charge in [0.25, 0.3) is 10.1 Å². The van der Waals surface area contributed by atoms with Crippen molar-refractivity contribution in [3.8, 4) is 22.6 Å². The first-order chi connectivity index (χ1) is 14.7. The van der Waals surface area contributed by atoms with E-state index in [0.717, 1.165) is 27.8 Å². The summed E-state index contributed by atoms with van der Waals surface area (Å²) in [6, 6.07) is 16.1. The summed E-state index contributed by atoms with van der Waals surface area (Å²) >= 11 is 6.33. The van der Waals surface area contributed by atoms with Gasteiger partial charge in [0.2, 0.25) is 0 Å². The molecule has 0 aliphatic carbocycles. The Balaban J connectivity index is 1.59. The first kappa shape index (κ1) is 21.7. The summed E-state index contributed by atoms with van der Waals surface area (Å²) in [5, 5.41) is 0.539. The molecule has 5 nitrogen and oxygen atoms in total. The molecule has 3 aromatic carbocycles. The summed E-state index contributed by atoms with van der Waals surface area (Å²) in [6.45, 7) is 5.93. The lowest BCUT2D eigenvalue weighted by molar-refractivity contribution is 0.0561. The molecule has 1 aliphatic heterocycles. The molecule has 1 heterocycles. The maximum atomic E-state index is 12.5. The monoisotopic (exact) mass is 458 g/mol. The molecule has 0 radical (unpaired) electrons. The number of ether oxygens (including phenoxy) is 2. The van der Waals surface area contributed by atoms with E-state index in [1.807, 2.05) is 45.0 Å². The third-order valence-electron chi connectivity index (χ3n) is 5.20. The van der Waals surface area contributed by atoms with Gasteiger partial charge in [-0.1, -0.05) is 47.5 Å². The highest BCUT2D eigenvalue weighted by Gasteiger charge is 2.28. The molecule has 0 saturated heterocycles. The summed E-state index contributed by atoms with van der Waals surface area (Å²) < 4.78 is 42.3.